The van der Waals surface area contributed by atoms with Crippen molar-refractivity contribution in [2.45, 2.75) is 27.0 Å². The van der Waals surface area contributed by atoms with E-state index in [0.717, 1.165) is 32.8 Å². The number of nitrogens with one attached hydrogen (secondary N) is 1. The van der Waals surface area contributed by atoms with E-state index in [1.807, 2.05) is 12.1 Å². The lowest BCUT2D eigenvalue weighted by atomic mass is 9.96. The number of nitrogens with zero attached hydrogens (tertiary/aromatic N) is 5. The van der Waals surface area contributed by atoms with Gasteiger partial charge in [0.15, 0.2) is 0 Å². The number of rotatable bonds is 6. The number of anilines is 2. The molecule has 0 aliphatic rings. The van der Waals surface area contributed by atoms with Crippen LogP contribution < -0.4 is 15.8 Å². The van der Waals surface area contributed by atoms with E-state index in [2.05, 4.69) is 51.2 Å². The first-order valence-electron chi connectivity index (χ1n) is 11.2. The molecule has 0 saturated carbocycles. The summed E-state index contributed by atoms with van der Waals surface area (Å²) >= 11 is 6.08. The molecule has 3 heterocycles. The topological polar surface area (TPSA) is 123 Å². The summed E-state index contributed by atoms with van der Waals surface area (Å²) in [6, 6.07) is 13.4. The number of fused-ring (bicyclic) bond motifs is 2. The van der Waals surface area contributed by atoms with Crippen LogP contribution in [0.4, 0.5) is 11.6 Å². The lowest BCUT2D eigenvalue weighted by Gasteiger charge is -2.15. The minimum absolute atomic E-state index is 0.228. The van der Waals surface area contributed by atoms with Gasteiger partial charge in [-0.1, -0.05) is 11.6 Å². The Kier molecular flexibility index (Phi) is 6.23. The van der Waals surface area contributed by atoms with Crippen LogP contribution in [0.25, 0.3) is 21.7 Å². The maximum absolute atomic E-state index is 9.51. The molecule has 8 nitrogen and oxygen atoms in total. The predicted molar refractivity (Wildman–Crippen MR) is 141 cm³/mol. The van der Waals surface area contributed by atoms with Gasteiger partial charge in [-0.2, -0.15) is 5.26 Å². The summed E-state index contributed by atoms with van der Waals surface area (Å²) in [5.41, 5.74) is 11.4. The molecule has 0 atom stereocenters. The van der Waals surface area contributed by atoms with Crippen molar-refractivity contribution in [3.8, 4) is 11.9 Å². The number of halogens is 1. The predicted octanol–water partition coefficient (Wildman–Crippen LogP) is 5.49. The number of nitrogen functional groups attached to an aromatic ring is 1. The number of ether oxygens (including phenoxy) is 1. The summed E-state index contributed by atoms with van der Waals surface area (Å²) in [6.07, 6.45) is 4.71. The lowest BCUT2D eigenvalue weighted by Crippen LogP contribution is -2.07. The zero-order valence-electron chi connectivity index (χ0n) is 19.7. The molecular formula is C27H22ClN7O. The number of hydrogen-bond acceptors (Lipinski definition) is 8. The summed E-state index contributed by atoms with van der Waals surface area (Å²) in [5.74, 6) is 1.59. The summed E-state index contributed by atoms with van der Waals surface area (Å²) in [5, 5.41) is 16.2. The number of nitrogens with two attached hydrogens (primary N) is 1. The van der Waals surface area contributed by atoms with Gasteiger partial charge in [-0.3, -0.25) is 4.98 Å². The molecular weight excluding hydrogens is 474 g/mol. The molecule has 0 aliphatic heterocycles. The number of pyridine rings is 2. The molecule has 178 valence electrons. The van der Waals surface area contributed by atoms with E-state index < -0.39 is 0 Å². The standard InChI is InChI=1S/C27H22ClN7O/c1-15-5-22-21(3-4-31-27(22)30)16(2)23(15)12-32-24-9-25(35-14-34-24)36-13-17-6-18-8-20(28)11-33-26(18)19(7-17)10-29/h3-9,11,14H,12-13H2,1-2H3,(H2,30,31)(H,32,34,35). The molecule has 0 aliphatic carbocycles. The molecule has 0 spiro atoms. The summed E-state index contributed by atoms with van der Waals surface area (Å²) in [6.45, 7) is 4.95. The van der Waals surface area contributed by atoms with Gasteiger partial charge in [0.1, 0.15) is 30.6 Å². The van der Waals surface area contributed by atoms with E-state index in [-0.39, 0.29) is 6.61 Å². The van der Waals surface area contributed by atoms with Crippen LogP contribution >= 0.6 is 11.6 Å². The fourth-order valence-corrected chi connectivity index (χ4v) is 4.47. The van der Waals surface area contributed by atoms with Gasteiger partial charge in [0.25, 0.3) is 0 Å². The second-order valence-electron chi connectivity index (χ2n) is 8.45. The highest BCUT2D eigenvalue weighted by atomic mass is 35.5. The number of hydrogen-bond donors (Lipinski definition) is 2. The van der Waals surface area contributed by atoms with Crippen LogP contribution in [0.2, 0.25) is 5.02 Å². The Morgan fingerprint density at radius 3 is 2.75 bits per heavy atom. The van der Waals surface area contributed by atoms with Gasteiger partial charge < -0.3 is 15.8 Å². The fourth-order valence-electron chi connectivity index (χ4n) is 4.31. The number of benzene rings is 2. The normalized spacial score (nSPS) is 10.9. The SMILES string of the molecule is Cc1cc2c(N)nccc2c(C)c1CNc1cc(OCc2cc(C#N)c3ncc(Cl)cc3c2)ncn1. The smallest absolute Gasteiger partial charge is 0.218 e. The Hall–Kier alpha value is -4.48. The van der Waals surface area contributed by atoms with Crippen LogP contribution in [0.1, 0.15) is 27.8 Å². The molecule has 0 saturated heterocycles. The molecule has 2 aromatic carbocycles. The van der Waals surface area contributed by atoms with Crippen molar-refractivity contribution in [3.63, 3.8) is 0 Å². The molecule has 9 heteroatoms. The third-order valence-corrected chi connectivity index (χ3v) is 6.33. The maximum atomic E-state index is 9.51. The highest BCUT2D eigenvalue weighted by Crippen LogP contribution is 2.29. The second kappa shape index (κ2) is 9.64. The monoisotopic (exact) mass is 495 g/mol. The van der Waals surface area contributed by atoms with Gasteiger partial charge in [-0.15, -0.1) is 0 Å². The Morgan fingerprint density at radius 2 is 1.92 bits per heavy atom. The third-order valence-electron chi connectivity index (χ3n) is 6.12. The van der Waals surface area contributed by atoms with E-state index in [4.69, 9.17) is 22.1 Å². The zero-order valence-corrected chi connectivity index (χ0v) is 20.5. The quantitative estimate of drug-likeness (QED) is 0.317. The van der Waals surface area contributed by atoms with E-state index in [1.54, 1.807) is 24.4 Å². The molecule has 5 rings (SSSR count). The summed E-state index contributed by atoms with van der Waals surface area (Å²) in [7, 11) is 0. The van der Waals surface area contributed by atoms with Crippen LogP contribution in [0.5, 0.6) is 5.88 Å². The molecule has 3 N–H and O–H groups in total. The van der Waals surface area contributed by atoms with Crippen molar-refractivity contribution in [1.82, 2.24) is 19.9 Å². The van der Waals surface area contributed by atoms with Crippen molar-refractivity contribution in [3.05, 3.63) is 88.0 Å². The molecule has 0 unspecified atom stereocenters. The first kappa shape index (κ1) is 23.3. The number of aromatic nitrogens is 4. The Morgan fingerprint density at radius 1 is 1.06 bits per heavy atom. The second-order valence-corrected chi connectivity index (χ2v) is 8.89. The molecule has 0 fully saturated rings. The van der Waals surface area contributed by atoms with Crippen LogP contribution in [-0.2, 0) is 13.2 Å². The van der Waals surface area contributed by atoms with Crippen LogP contribution in [0, 0.1) is 25.2 Å². The summed E-state index contributed by atoms with van der Waals surface area (Å²) < 4.78 is 5.91. The van der Waals surface area contributed by atoms with Gasteiger partial charge in [0, 0.05) is 35.8 Å². The van der Waals surface area contributed by atoms with Gasteiger partial charge in [0.05, 0.1) is 16.1 Å². The highest BCUT2D eigenvalue weighted by Gasteiger charge is 2.11. The van der Waals surface area contributed by atoms with Crippen LogP contribution in [0.3, 0.4) is 0 Å². The molecule has 0 bridgehead atoms. The van der Waals surface area contributed by atoms with E-state index in [0.29, 0.717) is 40.2 Å². The largest absolute Gasteiger partial charge is 0.473 e. The van der Waals surface area contributed by atoms with Crippen LogP contribution in [-0.4, -0.2) is 19.9 Å². The van der Waals surface area contributed by atoms with Crippen molar-refractivity contribution in [1.29, 1.82) is 5.26 Å². The average molecular weight is 496 g/mol. The van der Waals surface area contributed by atoms with Gasteiger partial charge in [-0.05, 0) is 71.8 Å². The first-order valence-corrected chi connectivity index (χ1v) is 11.6. The van der Waals surface area contributed by atoms with Gasteiger partial charge >= 0.3 is 0 Å². The molecule has 5 aromatic rings. The molecule has 0 amide bonds. The Bertz CT molecular complexity index is 1660. The molecule has 3 aromatic heterocycles. The van der Waals surface area contributed by atoms with Crippen molar-refractivity contribution >= 4 is 44.9 Å². The average Bonchev–Trinajstić information content (AvgIpc) is 2.87. The van der Waals surface area contributed by atoms with Crippen LogP contribution in [0.15, 0.2) is 55.1 Å². The minimum Gasteiger partial charge on any atom is -0.473 e. The number of aryl methyl sites for hydroxylation is 2. The van der Waals surface area contributed by atoms with Gasteiger partial charge in [-0.25, -0.2) is 15.0 Å². The van der Waals surface area contributed by atoms with Crippen molar-refractivity contribution < 1.29 is 4.74 Å². The summed E-state index contributed by atoms with van der Waals surface area (Å²) in [4.78, 5) is 17.0. The number of nitriles is 1. The van der Waals surface area contributed by atoms with Crippen molar-refractivity contribution in [2.75, 3.05) is 11.1 Å². The van der Waals surface area contributed by atoms with E-state index in [1.165, 1.54) is 18.1 Å². The molecule has 0 radical (unpaired) electrons. The van der Waals surface area contributed by atoms with E-state index in [9.17, 15) is 5.26 Å². The zero-order chi connectivity index (χ0) is 25.2. The van der Waals surface area contributed by atoms with Gasteiger partial charge in [0.2, 0.25) is 5.88 Å². The third kappa shape index (κ3) is 4.57. The highest BCUT2D eigenvalue weighted by molar-refractivity contribution is 6.31. The first-order chi connectivity index (χ1) is 17.4. The van der Waals surface area contributed by atoms with Crippen molar-refractivity contribution in [2.24, 2.45) is 0 Å². The molecule has 36 heavy (non-hydrogen) atoms. The van der Waals surface area contributed by atoms with E-state index >= 15 is 0 Å². The lowest BCUT2D eigenvalue weighted by molar-refractivity contribution is 0.293. The fraction of sp³-hybridized carbons (Fsp3) is 0.148. The maximum Gasteiger partial charge on any atom is 0.218 e. The Balaban J connectivity index is 1.32. The Labute approximate surface area is 212 Å². The minimum atomic E-state index is 0.228.